The Morgan fingerprint density at radius 2 is 0.644 bits per heavy atom. The van der Waals surface area contributed by atoms with Crippen molar-refractivity contribution in [2.45, 2.75) is 91.6 Å². The van der Waals surface area contributed by atoms with Crippen LogP contribution in [0.25, 0.3) is 20.2 Å². The van der Waals surface area contributed by atoms with Crippen molar-refractivity contribution in [2.24, 2.45) is 0 Å². The van der Waals surface area contributed by atoms with Gasteiger partial charge in [-0.25, -0.2) is 0 Å². The third-order valence-corrected chi connectivity index (χ3v) is 14.0. The Morgan fingerprint density at radius 3 is 0.949 bits per heavy atom. The molecule has 1 aromatic heterocycles. The van der Waals surface area contributed by atoms with Crippen LogP contribution >= 0.6 is 11.3 Å². The Kier molecular flexibility index (Phi) is 9.65. The van der Waals surface area contributed by atoms with Gasteiger partial charge in [-0.3, -0.25) is 0 Å². The van der Waals surface area contributed by atoms with Crippen molar-refractivity contribution in [1.82, 2.24) is 0 Å². The summed E-state index contributed by atoms with van der Waals surface area (Å²) >= 11 is 1.83. The Hall–Kier alpha value is -4.89. The highest BCUT2D eigenvalue weighted by molar-refractivity contribution is 7.25. The van der Waals surface area contributed by atoms with Crippen LogP contribution in [0.2, 0.25) is 0 Å². The third-order valence-electron chi connectivity index (χ3n) is 12.9. The zero-order chi connectivity index (χ0) is 41.5. The molecule has 0 saturated carbocycles. The fourth-order valence-corrected chi connectivity index (χ4v) is 8.90. The summed E-state index contributed by atoms with van der Waals surface area (Å²) in [5.74, 6) is 0. The molecule has 0 radical (unpaired) electrons. The maximum atomic E-state index is 6.39. The highest BCUT2D eigenvalue weighted by Crippen LogP contribution is 2.44. The maximum Gasteiger partial charge on any atom is 0.494 e. The molecule has 0 bridgehead atoms. The summed E-state index contributed by atoms with van der Waals surface area (Å²) in [4.78, 5) is 4.67. The molecule has 0 amide bonds. The maximum absolute atomic E-state index is 6.39. The van der Waals surface area contributed by atoms with E-state index in [9.17, 15) is 0 Å². The van der Waals surface area contributed by atoms with E-state index in [4.69, 9.17) is 18.6 Å². The first-order valence-electron chi connectivity index (χ1n) is 20.6. The highest BCUT2D eigenvalue weighted by atomic mass is 32.1. The van der Waals surface area contributed by atoms with Gasteiger partial charge < -0.3 is 28.4 Å². The Bertz CT molecular complexity index is 2440. The molecule has 2 fully saturated rings. The predicted molar refractivity (Wildman–Crippen MR) is 250 cm³/mol. The number of thiophene rings is 1. The van der Waals surface area contributed by atoms with Gasteiger partial charge in [0.05, 0.1) is 22.4 Å². The van der Waals surface area contributed by atoms with Gasteiger partial charge in [0.2, 0.25) is 0 Å². The van der Waals surface area contributed by atoms with E-state index in [0.717, 1.165) is 45.0 Å². The van der Waals surface area contributed by atoms with Gasteiger partial charge in [-0.2, -0.15) is 0 Å². The number of hydrogen-bond donors (Lipinski definition) is 0. The molecule has 9 heteroatoms. The molecule has 7 aromatic rings. The molecule has 6 nitrogen and oxygen atoms in total. The Morgan fingerprint density at radius 1 is 0.373 bits per heavy atom. The summed E-state index contributed by atoms with van der Waals surface area (Å²) in [6, 6.07) is 48.4. The lowest BCUT2D eigenvalue weighted by Gasteiger charge is -2.32. The molecule has 6 aromatic carbocycles. The molecular formula is C50H52B2N2O4S. The monoisotopic (exact) mass is 798 g/mol. The molecule has 0 aliphatic carbocycles. The van der Waals surface area contributed by atoms with Crippen LogP contribution in [0.4, 0.5) is 34.1 Å². The first kappa shape index (κ1) is 39.6. The van der Waals surface area contributed by atoms with Crippen LogP contribution in [-0.4, -0.2) is 36.6 Å². The SMILES string of the molecule is Cc1ccc(N(c2ccc(B3OC(C)(C)C(C)(C)O3)cc2)c2ccc3sc4ccc(N(c5ccc(C)cc5)c5ccc(B6OC(C)(C)C(C)(C)O6)cc5)cc4c3c2)cc1. The Balaban J connectivity index is 1.10. The lowest BCUT2D eigenvalue weighted by atomic mass is 9.79. The molecule has 0 spiro atoms. The second kappa shape index (κ2) is 14.4. The summed E-state index contributed by atoms with van der Waals surface area (Å²) in [6.45, 7) is 21.0. The van der Waals surface area contributed by atoms with Crippen molar-refractivity contribution in [3.63, 3.8) is 0 Å². The quantitative estimate of drug-likeness (QED) is 0.143. The number of aryl methyl sites for hydroxylation is 2. The van der Waals surface area contributed by atoms with Gasteiger partial charge in [0.25, 0.3) is 0 Å². The van der Waals surface area contributed by atoms with E-state index in [0.29, 0.717) is 0 Å². The zero-order valence-electron chi connectivity index (χ0n) is 35.8. The van der Waals surface area contributed by atoms with Gasteiger partial charge >= 0.3 is 14.2 Å². The van der Waals surface area contributed by atoms with Crippen molar-refractivity contribution in [2.75, 3.05) is 9.80 Å². The van der Waals surface area contributed by atoms with E-state index in [2.05, 4.69) is 212 Å². The molecule has 3 heterocycles. The molecule has 0 N–H and O–H groups in total. The molecular weight excluding hydrogens is 746 g/mol. The van der Waals surface area contributed by atoms with Gasteiger partial charge in [-0.15, -0.1) is 11.3 Å². The van der Waals surface area contributed by atoms with Crippen molar-refractivity contribution < 1.29 is 18.6 Å². The number of benzene rings is 6. The summed E-state index contributed by atoms with van der Waals surface area (Å²) in [5, 5.41) is 2.44. The molecule has 298 valence electrons. The van der Waals surface area contributed by atoms with Crippen LogP contribution in [0, 0.1) is 13.8 Å². The van der Waals surface area contributed by atoms with E-state index in [1.165, 1.54) is 31.3 Å². The zero-order valence-corrected chi connectivity index (χ0v) is 36.6. The van der Waals surface area contributed by atoms with Crippen LogP contribution in [-0.2, 0) is 18.6 Å². The molecule has 59 heavy (non-hydrogen) atoms. The minimum Gasteiger partial charge on any atom is -0.399 e. The number of anilines is 6. The van der Waals surface area contributed by atoms with E-state index in [1.54, 1.807) is 0 Å². The minimum atomic E-state index is -0.419. The molecule has 2 aliphatic heterocycles. The average molecular weight is 799 g/mol. The van der Waals surface area contributed by atoms with Crippen LogP contribution in [0.1, 0.15) is 66.5 Å². The van der Waals surface area contributed by atoms with E-state index in [1.807, 2.05) is 11.3 Å². The average Bonchev–Trinajstić information content (AvgIpc) is 3.76. The molecule has 9 rings (SSSR count). The van der Waals surface area contributed by atoms with E-state index in [-0.39, 0.29) is 0 Å². The normalized spacial score (nSPS) is 17.9. The highest BCUT2D eigenvalue weighted by Gasteiger charge is 2.52. The summed E-state index contributed by atoms with van der Waals surface area (Å²) in [6.07, 6.45) is 0. The molecule has 2 aliphatic rings. The van der Waals surface area contributed by atoms with Gasteiger partial charge in [-0.05, 0) is 165 Å². The number of rotatable bonds is 8. The fourth-order valence-electron chi connectivity index (χ4n) is 7.83. The second-order valence-electron chi connectivity index (χ2n) is 18.2. The van der Waals surface area contributed by atoms with Crippen molar-refractivity contribution in [1.29, 1.82) is 0 Å². The topological polar surface area (TPSA) is 43.4 Å². The molecule has 2 saturated heterocycles. The lowest BCUT2D eigenvalue weighted by Crippen LogP contribution is -2.41. The summed E-state index contributed by atoms with van der Waals surface area (Å²) in [5.41, 5.74) is 9.31. The lowest BCUT2D eigenvalue weighted by molar-refractivity contribution is 0.00578. The van der Waals surface area contributed by atoms with Crippen LogP contribution in [0.15, 0.2) is 133 Å². The smallest absolute Gasteiger partial charge is 0.399 e. The van der Waals surface area contributed by atoms with Gasteiger partial charge in [0.15, 0.2) is 0 Å². The second-order valence-corrected chi connectivity index (χ2v) is 19.2. The molecule has 0 unspecified atom stereocenters. The predicted octanol–water partition coefficient (Wildman–Crippen LogP) is 12.2. The number of nitrogens with zero attached hydrogens (tertiary/aromatic N) is 2. The van der Waals surface area contributed by atoms with Crippen molar-refractivity contribution in [3.8, 4) is 0 Å². The summed E-state index contributed by atoms with van der Waals surface area (Å²) < 4.78 is 28.1. The number of fused-ring (bicyclic) bond motifs is 3. The number of hydrogen-bond acceptors (Lipinski definition) is 7. The van der Waals surface area contributed by atoms with Crippen LogP contribution < -0.4 is 20.7 Å². The van der Waals surface area contributed by atoms with Crippen LogP contribution in [0.3, 0.4) is 0 Å². The largest absolute Gasteiger partial charge is 0.494 e. The van der Waals surface area contributed by atoms with Crippen molar-refractivity contribution in [3.05, 3.63) is 145 Å². The minimum absolute atomic E-state index is 0.403. The molecule has 0 atom stereocenters. The van der Waals surface area contributed by atoms with Gasteiger partial charge in [-0.1, -0.05) is 59.7 Å². The van der Waals surface area contributed by atoms with Crippen molar-refractivity contribution >= 4 is 90.8 Å². The van der Waals surface area contributed by atoms with Gasteiger partial charge in [0, 0.05) is 54.3 Å². The first-order chi connectivity index (χ1) is 28.0. The van der Waals surface area contributed by atoms with Crippen LogP contribution in [0.5, 0.6) is 0 Å². The Labute approximate surface area is 354 Å². The fraction of sp³-hybridized carbons (Fsp3) is 0.280. The first-order valence-corrected chi connectivity index (χ1v) is 21.4. The standard InChI is InChI=1S/C50H52B2N2O4S/c1-33-11-19-37(20-12-33)53(39-23-15-35(16-24-39)51-55-47(3,4)48(5,6)56-51)41-27-29-45-43(31-41)44-32-42(28-30-46(44)59-45)54(38-21-13-34(2)14-22-38)40-25-17-36(18-26-40)52-57-49(7,8)50(9,10)58-52/h11-32H,1-10H3. The third kappa shape index (κ3) is 7.17. The van der Waals surface area contributed by atoms with E-state index < -0.39 is 36.6 Å². The van der Waals surface area contributed by atoms with E-state index >= 15 is 0 Å². The van der Waals surface area contributed by atoms with Gasteiger partial charge in [0.1, 0.15) is 0 Å². The summed E-state index contributed by atoms with van der Waals surface area (Å²) in [7, 11) is -0.839.